The van der Waals surface area contributed by atoms with Crippen molar-refractivity contribution in [1.82, 2.24) is 20.0 Å². The van der Waals surface area contributed by atoms with E-state index in [0.29, 0.717) is 17.9 Å². The van der Waals surface area contributed by atoms with E-state index in [4.69, 9.17) is 15.6 Å². The van der Waals surface area contributed by atoms with Crippen molar-refractivity contribution in [3.63, 3.8) is 0 Å². The van der Waals surface area contributed by atoms with Gasteiger partial charge in [-0.3, -0.25) is 9.69 Å². The first kappa shape index (κ1) is 23.9. The Balaban J connectivity index is 1.43. The van der Waals surface area contributed by atoms with Gasteiger partial charge in [-0.2, -0.15) is 5.10 Å². The summed E-state index contributed by atoms with van der Waals surface area (Å²) in [6.45, 7) is 4.24. The van der Waals surface area contributed by atoms with Gasteiger partial charge in [-0.25, -0.2) is 4.68 Å². The number of halogens is 3. The Morgan fingerprint density at radius 2 is 1.72 bits per heavy atom. The highest BCUT2D eigenvalue weighted by Crippen LogP contribution is 2.38. The van der Waals surface area contributed by atoms with Crippen LogP contribution in [0.5, 0.6) is 17.2 Å². The molecular weight excluding hydrogens is 477 g/mol. The number of para-hydroxylation sites is 2. The highest BCUT2D eigenvalue weighted by Gasteiger charge is 2.34. The number of rotatable bonds is 6. The van der Waals surface area contributed by atoms with Crippen molar-refractivity contribution < 1.29 is 27.4 Å². The van der Waals surface area contributed by atoms with Crippen LogP contribution in [0.25, 0.3) is 5.69 Å². The molecule has 0 unspecified atom stereocenters. The number of fused-ring (bicyclic) bond motifs is 1. The van der Waals surface area contributed by atoms with E-state index in [-0.39, 0.29) is 23.2 Å². The predicted octanol–water partition coefficient (Wildman–Crippen LogP) is 3.42. The minimum absolute atomic E-state index is 0.0652. The van der Waals surface area contributed by atoms with Gasteiger partial charge in [0, 0.05) is 32.7 Å². The molecule has 0 bridgehead atoms. The molecule has 1 saturated heterocycles. The molecule has 1 aromatic heterocycles. The quantitative estimate of drug-likeness (QED) is 0.474. The summed E-state index contributed by atoms with van der Waals surface area (Å²) in [5.74, 6) is -0.866. The number of nitrogens with two attached hydrogens (primary N) is 1. The van der Waals surface area contributed by atoms with Crippen LogP contribution in [-0.4, -0.2) is 59.7 Å². The van der Waals surface area contributed by atoms with E-state index in [9.17, 15) is 18.0 Å². The second-order valence-corrected chi connectivity index (χ2v) is 8.49. The molecule has 0 aliphatic carbocycles. The van der Waals surface area contributed by atoms with Crippen LogP contribution in [0.2, 0.25) is 0 Å². The smallest absolute Gasteiger partial charge is 0.453 e. The zero-order chi connectivity index (χ0) is 25.3. The van der Waals surface area contributed by atoms with Gasteiger partial charge in [0.25, 0.3) is 5.91 Å². The Labute approximate surface area is 205 Å². The number of piperazine rings is 1. The lowest BCUT2D eigenvalue weighted by molar-refractivity contribution is -0.275. The number of carbonyl (C=O) groups excluding carboxylic acids is 1. The molecule has 0 spiro atoms. The molecule has 1 amide bonds. The van der Waals surface area contributed by atoms with Gasteiger partial charge < -0.3 is 25.8 Å². The third-order valence-electron chi connectivity index (χ3n) is 6.16. The number of amides is 1. The number of nitrogens with zero attached hydrogens (tertiary/aromatic N) is 3. The van der Waals surface area contributed by atoms with Gasteiger partial charge in [-0.15, -0.1) is 13.2 Å². The van der Waals surface area contributed by atoms with Crippen LogP contribution in [0.4, 0.5) is 18.9 Å². The van der Waals surface area contributed by atoms with Crippen molar-refractivity contribution in [3.8, 4) is 22.9 Å². The van der Waals surface area contributed by atoms with Crippen molar-refractivity contribution in [3.05, 3.63) is 59.9 Å². The van der Waals surface area contributed by atoms with Gasteiger partial charge in [0.15, 0.2) is 17.2 Å². The normalized spacial score (nSPS) is 18.2. The molecule has 9 nitrogen and oxygen atoms in total. The molecule has 12 heteroatoms. The van der Waals surface area contributed by atoms with Gasteiger partial charge in [-0.1, -0.05) is 12.1 Å². The van der Waals surface area contributed by atoms with Crippen LogP contribution in [0, 0.1) is 0 Å². The molecule has 3 heterocycles. The minimum Gasteiger partial charge on any atom is -0.453 e. The molecule has 190 valence electrons. The lowest BCUT2D eigenvalue weighted by Crippen LogP contribution is -2.46. The first-order chi connectivity index (χ1) is 17.3. The maximum atomic E-state index is 12.7. The Kier molecular flexibility index (Phi) is 6.46. The monoisotopic (exact) mass is 502 g/mol. The van der Waals surface area contributed by atoms with Crippen molar-refractivity contribution in [2.45, 2.75) is 18.8 Å². The van der Waals surface area contributed by atoms with Gasteiger partial charge in [0.05, 0.1) is 17.4 Å². The summed E-state index contributed by atoms with van der Waals surface area (Å²) < 4.78 is 49.3. The summed E-state index contributed by atoms with van der Waals surface area (Å²) in [5, 5.41) is 11.4. The highest BCUT2D eigenvalue weighted by atomic mass is 19.4. The van der Waals surface area contributed by atoms with Crippen molar-refractivity contribution in [2.75, 3.05) is 38.0 Å². The standard InChI is InChI=1S/C24H25F3N6O3/c25-24(26,27)36-19-4-2-1-3-18(19)35-16-7-5-15(6-8-16)33-22(23(28)34)21-20(31-33)17(9-10-30-21)32-13-11-29-12-14-32/h1-8,17,29-30H,9-14H2,(H2,28,34)/t17-/m0/s1. The number of primary amides is 1. The number of aromatic nitrogens is 2. The molecule has 4 N–H and O–H groups in total. The molecule has 2 aromatic carbocycles. The fourth-order valence-electron chi connectivity index (χ4n) is 4.60. The summed E-state index contributed by atoms with van der Waals surface area (Å²) in [7, 11) is 0. The third-order valence-corrected chi connectivity index (χ3v) is 6.16. The Morgan fingerprint density at radius 3 is 2.39 bits per heavy atom. The maximum absolute atomic E-state index is 12.7. The summed E-state index contributed by atoms with van der Waals surface area (Å²) in [6, 6.07) is 12.1. The zero-order valence-corrected chi connectivity index (χ0v) is 19.2. The van der Waals surface area contributed by atoms with Gasteiger partial charge in [0.2, 0.25) is 0 Å². The largest absolute Gasteiger partial charge is 0.573 e. The SMILES string of the molecule is NC(=O)c1c2c(nn1-c1ccc(Oc3ccccc3OC(F)(F)F)cc1)[C@@H](N1CCNCC1)CCN2. The lowest BCUT2D eigenvalue weighted by atomic mass is 10.0. The minimum atomic E-state index is -4.84. The second kappa shape index (κ2) is 9.70. The van der Waals surface area contributed by atoms with Crippen molar-refractivity contribution in [1.29, 1.82) is 0 Å². The summed E-state index contributed by atoms with van der Waals surface area (Å²) in [6.07, 6.45) is -3.99. The number of carbonyl (C=O) groups is 1. The fraction of sp³-hybridized carbons (Fsp3) is 0.333. The number of ether oxygens (including phenoxy) is 2. The van der Waals surface area contributed by atoms with Crippen LogP contribution in [-0.2, 0) is 0 Å². The summed E-state index contributed by atoms with van der Waals surface area (Å²) >= 11 is 0. The van der Waals surface area contributed by atoms with E-state index in [2.05, 4.69) is 20.3 Å². The first-order valence-electron chi connectivity index (χ1n) is 11.5. The average molecular weight is 502 g/mol. The highest BCUT2D eigenvalue weighted by molar-refractivity contribution is 5.98. The van der Waals surface area contributed by atoms with E-state index in [1.54, 1.807) is 30.3 Å². The van der Waals surface area contributed by atoms with Crippen LogP contribution in [0.1, 0.15) is 28.6 Å². The number of nitrogens with one attached hydrogen (secondary N) is 2. The second-order valence-electron chi connectivity index (χ2n) is 8.49. The molecule has 0 radical (unpaired) electrons. The van der Waals surface area contributed by atoms with Crippen molar-refractivity contribution in [2.24, 2.45) is 5.73 Å². The molecule has 5 rings (SSSR count). The van der Waals surface area contributed by atoms with E-state index in [0.717, 1.165) is 38.3 Å². The lowest BCUT2D eigenvalue weighted by Gasteiger charge is -2.36. The summed E-state index contributed by atoms with van der Waals surface area (Å²) in [4.78, 5) is 14.8. The number of alkyl halides is 3. The zero-order valence-electron chi connectivity index (χ0n) is 19.2. The Hall–Kier alpha value is -3.77. The summed E-state index contributed by atoms with van der Waals surface area (Å²) in [5.41, 5.74) is 7.97. The van der Waals surface area contributed by atoms with Crippen LogP contribution >= 0.6 is 0 Å². The molecule has 1 fully saturated rings. The molecule has 2 aliphatic rings. The molecule has 2 aliphatic heterocycles. The van der Waals surface area contributed by atoms with Crippen LogP contribution in [0.3, 0.4) is 0 Å². The van der Waals surface area contributed by atoms with E-state index < -0.39 is 18.0 Å². The van der Waals surface area contributed by atoms with Crippen LogP contribution in [0.15, 0.2) is 48.5 Å². The fourth-order valence-corrected chi connectivity index (χ4v) is 4.60. The van der Waals surface area contributed by atoms with E-state index in [1.165, 1.54) is 22.9 Å². The van der Waals surface area contributed by atoms with E-state index in [1.807, 2.05) is 0 Å². The molecule has 1 atom stereocenters. The van der Waals surface area contributed by atoms with Gasteiger partial charge >= 0.3 is 6.36 Å². The van der Waals surface area contributed by atoms with Gasteiger partial charge in [-0.05, 0) is 42.8 Å². The Bertz CT molecular complexity index is 1240. The number of anilines is 1. The van der Waals surface area contributed by atoms with Gasteiger partial charge in [0.1, 0.15) is 11.4 Å². The van der Waals surface area contributed by atoms with E-state index >= 15 is 0 Å². The molecule has 0 saturated carbocycles. The molecule has 36 heavy (non-hydrogen) atoms. The predicted molar refractivity (Wildman–Crippen MR) is 126 cm³/mol. The van der Waals surface area contributed by atoms with Crippen molar-refractivity contribution >= 4 is 11.6 Å². The Morgan fingerprint density at radius 1 is 1.03 bits per heavy atom. The molecule has 3 aromatic rings. The topological polar surface area (TPSA) is 107 Å². The number of hydrogen-bond donors (Lipinski definition) is 3. The average Bonchev–Trinajstić information content (AvgIpc) is 3.25. The maximum Gasteiger partial charge on any atom is 0.573 e. The first-order valence-corrected chi connectivity index (χ1v) is 11.5. The number of hydrogen-bond acceptors (Lipinski definition) is 7. The third kappa shape index (κ3) is 4.95. The number of benzene rings is 2. The molecular formula is C24H25F3N6O3. The van der Waals surface area contributed by atoms with Crippen LogP contribution < -0.4 is 25.8 Å².